The molecule has 1 atom stereocenters. The van der Waals surface area contributed by atoms with Crippen LogP contribution in [0.3, 0.4) is 0 Å². The minimum Gasteiger partial charge on any atom is -0.376 e. The normalized spacial score (nSPS) is 18.5. The van der Waals surface area contributed by atoms with E-state index < -0.39 is 0 Å². The van der Waals surface area contributed by atoms with E-state index in [1.165, 1.54) is 30.4 Å². The van der Waals surface area contributed by atoms with Gasteiger partial charge in [-0.1, -0.05) is 42.3 Å². The molecule has 0 fully saturated rings. The lowest BCUT2D eigenvalue weighted by molar-refractivity contribution is 0.644. The fourth-order valence-corrected chi connectivity index (χ4v) is 2.93. The van der Waals surface area contributed by atoms with Crippen LogP contribution < -0.4 is 5.32 Å². The molecule has 1 aliphatic rings. The highest BCUT2D eigenvalue weighted by Gasteiger charge is 2.18. The number of nitrogens with one attached hydrogen (secondary N) is 1. The standard InChI is InChI=1S/C16H17ClN2/c17-16-15(10-5-11-18-16)19-14-9-4-2-7-12-6-1-3-8-13(12)14/h1,3,5-6,8,10-11,14,19H,2,4,7,9H2. The van der Waals surface area contributed by atoms with E-state index in [1.54, 1.807) is 6.20 Å². The molecule has 3 heteroatoms. The van der Waals surface area contributed by atoms with Gasteiger partial charge in [-0.15, -0.1) is 0 Å². The Balaban J connectivity index is 1.91. The van der Waals surface area contributed by atoms with Crippen molar-refractivity contribution in [1.82, 2.24) is 4.98 Å². The number of anilines is 1. The number of hydrogen-bond donors (Lipinski definition) is 1. The molecule has 1 N–H and O–H groups in total. The highest BCUT2D eigenvalue weighted by molar-refractivity contribution is 6.31. The first kappa shape index (κ1) is 12.5. The molecule has 1 unspecified atom stereocenters. The smallest absolute Gasteiger partial charge is 0.152 e. The maximum absolute atomic E-state index is 6.14. The first-order valence-electron chi connectivity index (χ1n) is 6.79. The number of aromatic nitrogens is 1. The summed E-state index contributed by atoms with van der Waals surface area (Å²) in [6, 6.07) is 12.9. The molecule has 1 aliphatic carbocycles. The van der Waals surface area contributed by atoms with Crippen LogP contribution in [0.15, 0.2) is 42.6 Å². The van der Waals surface area contributed by atoms with Crippen molar-refractivity contribution in [2.24, 2.45) is 0 Å². The summed E-state index contributed by atoms with van der Waals surface area (Å²) in [6.07, 6.45) is 6.53. The number of pyridine rings is 1. The van der Waals surface area contributed by atoms with Gasteiger partial charge in [0.25, 0.3) is 0 Å². The van der Waals surface area contributed by atoms with Gasteiger partial charge in [0.2, 0.25) is 0 Å². The highest BCUT2D eigenvalue weighted by Crippen LogP contribution is 2.32. The summed E-state index contributed by atoms with van der Waals surface area (Å²) < 4.78 is 0. The number of hydrogen-bond acceptors (Lipinski definition) is 2. The van der Waals surface area contributed by atoms with E-state index in [2.05, 4.69) is 34.6 Å². The number of aryl methyl sites for hydroxylation is 1. The molecule has 0 radical (unpaired) electrons. The minimum absolute atomic E-state index is 0.334. The number of rotatable bonds is 2. The fourth-order valence-electron chi connectivity index (χ4n) is 2.75. The Morgan fingerprint density at radius 2 is 2.00 bits per heavy atom. The van der Waals surface area contributed by atoms with Crippen LogP contribution in [0.5, 0.6) is 0 Å². The second-order valence-electron chi connectivity index (χ2n) is 4.98. The molecule has 3 rings (SSSR count). The van der Waals surface area contributed by atoms with Gasteiger partial charge in [-0.25, -0.2) is 4.98 Å². The van der Waals surface area contributed by atoms with E-state index in [0.29, 0.717) is 11.2 Å². The predicted octanol–water partition coefficient (Wildman–Crippen LogP) is 4.61. The van der Waals surface area contributed by atoms with E-state index in [-0.39, 0.29) is 0 Å². The number of halogens is 1. The monoisotopic (exact) mass is 272 g/mol. The molecule has 0 amide bonds. The molecule has 98 valence electrons. The van der Waals surface area contributed by atoms with E-state index in [1.807, 2.05) is 12.1 Å². The number of nitrogens with zero attached hydrogens (tertiary/aromatic N) is 1. The van der Waals surface area contributed by atoms with E-state index in [0.717, 1.165) is 12.1 Å². The maximum Gasteiger partial charge on any atom is 0.152 e. The lowest BCUT2D eigenvalue weighted by atomic mass is 9.99. The minimum atomic E-state index is 0.334. The third kappa shape index (κ3) is 2.74. The molecule has 0 saturated carbocycles. The molecule has 2 aromatic rings. The predicted molar refractivity (Wildman–Crippen MR) is 79.6 cm³/mol. The first-order chi connectivity index (χ1) is 9.34. The Labute approximate surface area is 118 Å². The maximum atomic E-state index is 6.14. The summed E-state index contributed by atoms with van der Waals surface area (Å²) in [5.41, 5.74) is 3.78. The van der Waals surface area contributed by atoms with Crippen LogP contribution in [0.4, 0.5) is 5.69 Å². The van der Waals surface area contributed by atoms with E-state index in [9.17, 15) is 0 Å². The second kappa shape index (κ2) is 5.62. The molecule has 1 aromatic heterocycles. The van der Waals surface area contributed by atoms with Crippen LogP contribution >= 0.6 is 11.6 Å². The van der Waals surface area contributed by atoms with Crippen molar-refractivity contribution in [1.29, 1.82) is 0 Å². The Kier molecular flexibility index (Phi) is 3.69. The van der Waals surface area contributed by atoms with Crippen molar-refractivity contribution < 1.29 is 0 Å². The van der Waals surface area contributed by atoms with Crippen molar-refractivity contribution in [3.8, 4) is 0 Å². The average molecular weight is 273 g/mol. The van der Waals surface area contributed by atoms with Crippen LogP contribution in [0, 0.1) is 0 Å². The molecular weight excluding hydrogens is 256 g/mol. The topological polar surface area (TPSA) is 24.9 Å². The molecule has 1 aromatic carbocycles. The fraction of sp³-hybridized carbons (Fsp3) is 0.312. The highest BCUT2D eigenvalue weighted by atomic mass is 35.5. The Morgan fingerprint density at radius 3 is 2.89 bits per heavy atom. The summed E-state index contributed by atoms with van der Waals surface area (Å²) in [6.45, 7) is 0. The van der Waals surface area contributed by atoms with E-state index in [4.69, 9.17) is 11.6 Å². The molecule has 0 saturated heterocycles. The van der Waals surface area contributed by atoms with Crippen molar-refractivity contribution in [3.05, 3.63) is 58.9 Å². The zero-order chi connectivity index (χ0) is 13.1. The van der Waals surface area contributed by atoms with Crippen LogP contribution in [0.25, 0.3) is 0 Å². The van der Waals surface area contributed by atoms with Gasteiger partial charge < -0.3 is 5.32 Å². The van der Waals surface area contributed by atoms with Crippen LogP contribution in [-0.4, -0.2) is 4.98 Å². The van der Waals surface area contributed by atoms with Gasteiger partial charge in [-0.3, -0.25) is 0 Å². The third-order valence-electron chi connectivity index (χ3n) is 3.71. The lowest BCUT2D eigenvalue weighted by Gasteiger charge is -2.21. The largest absolute Gasteiger partial charge is 0.376 e. The molecule has 0 aliphatic heterocycles. The summed E-state index contributed by atoms with van der Waals surface area (Å²) in [7, 11) is 0. The van der Waals surface area contributed by atoms with E-state index >= 15 is 0 Å². The van der Waals surface area contributed by atoms with Gasteiger partial charge >= 0.3 is 0 Å². The molecule has 2 nitrogen and oxygen atoms in total. The molecule has 0 spiro atoms. The van der Waals surface area contributed by atoms with Gasteiger partial charge in [0.15, 0.2) is 5.15 Å². The number of fused-ring (bicyclic) bond motifs is 1. The SMILES string of the molecule is Clc1ncccc1NC1CCCCc2ccccc21. The summed E-state index contributed by atoms with van der Waals surface area (Å²) >= 11 is 6.14. The van der Waals surface area contributed by atoms with Crippen LogP contribution in [-0.2, 0) is 6.42 Å². The lowest BCUT2D eigenvalue weighted by Crippen LogP contribution is -2.11. The van der Waals surface area contributed by atoms with Gasteiger partial charge in [-0.05, 0) is 42.5 Å². The van der Waals surface area contributed by atoms with Crippen LogP contribution in [0.2, 0.25) is 5.15 Å². The van der Waals surface area contributed by atoms with Gasteiger partial charge in [0.05, 0.1) is 11.7 Å². The second-order valence-corrected chi connectivity index (χ2v) is 5.34. The van der Waals surface area contributed by atoms with Crippen molar-refractivity contribution in [3.63, 3.8) is 0 Å². The third-order valence-corrected chi connectivity index (χ3v) is 4.01. The number of benzene rings is 1. The Bertz CT molecular complexity index is 568. The zero-order valence-electron chi connectivity index (χ0n) is 10.8. The van der Waals surface area contributed by atoms with Gasteiger partial charge in [-0.2, -0.15) is 0 Å². The molecule has 19 heavy (non-hydrogen) atoms. The Hall–Kier alpha value is -1.54. The van der Waals surface area contributed by atoms with Crippen molar-refractivity contribution in [2.75, 3.05) is 5.32 Å². The first-order valence-corrected chi connectivity index (χ1v) is 7.17. The Morgan fingerprint density at radius 1 is 1.11 bits per heavy atom. The van der Waals surface area contributed by atoms with Crippen LogP contribution in [0.1, 0.15) is 36.4 Å². The zero-order valence-corrected chi connectivity index (χ0v) is 11.5. The average Bonchev–Trinajstić information content (AvgIpc) is 2.64. The van der Waals surface area contributed by atoms with Crippen molar-refractivity contribution >= 4 is 17.3 Å². The summed E-state index contributed by atoms with van der Waals surface area (Å²) in [4.78, 5) is 4.13. The molecule has 1 heterocycles. The van der Waals surface area contributed by atoms with Gasteiger partial charge in [0.1, 0.15) is 0 Å². The molecular formula is C16H17ClN2. The quantitative estimate of drug-likeness (QED) is 0.638. The van der Waals surface area contributed by atoms with Gasteiger partial charge in [0, 0.05) is 6.20 Å². The van der Waals surface area contributed by atoms with Crippen molar-refractivity contribution in [2.45, 2.75) is 31.7 Å². The summed E-state index contributed by atoms with van der Waals surface area (Å²) in [5.74, 6) is 0. The molecule has 0 bridgehead atoms. The summed E-state index contributed by atoms with van der Waals surface area (Å²) in [5, 5.41) is 4.10.